The first kappa shape index (κ1) is 12.5. The third-order valence-electron chi connectivity index (χ3n) is 4.35. The second kappa shape index (κ2) is 10.7. The van der Waals surface area contributed by atoms with Gasteiger partial charge in [-0.15, -0.1) is 0 Å². The molecule has 0 spiro atoms. The minimum Gasteiger partial charge on any atom is -0.494 e. The Labute approximate surface area is 210 Å². The van der Waals surface area contributed by atoms with Crippen molar-refractivity contribution in [2.24, 2.45) is 0 Å². The van der Waals surface area contributed by atoms with Gasteiger partial charge >= 0.3 is 0 Å². The number of nitrogens with zero attached hydrogens (tertiary/aromatic N) is 3. The van der Waals surface area contributed by atoms with Gasteiger partial charge < -0.3 is 15.0 Å². The number of ether oxygens (including phenoxy) is 1. The molecular formula is C26H27FN4O2. The number of allylic oxidation sites excluding steroid dienone is 1. The second-order valence-corrected chi connectivity index (χ2v) is 6.78. The molecule has 170 valence electrons. The number of nitrogens with one attached hydrogen (secondary N) is 1. The minimum atomic E-state index is -3.05. The Kier molecular flexibility index (Phi) is 4.05. The maximum absolute atomic E-state index is 14.3. The number of likely N-dealkylation sites (N-methyl/N-ethyl adjacent to an activating group) is 1. The highest BCUT2D eigenvalue weighted by atomic mass is 19.1. The van der Waals surface area contributed by atoms with Crippen LogP contribution in [0.5, 0.6) is 5.75 Å². The molecule has 0 aliphatic carbocycles. The van der Waals surface area contributed by atoms with Crippen LogP contribution in [-0.2, 0) is 11.2 Å². The van der Waals surface area contributed by atoms with Gasteiger partial charge in [-0.3, -0.25) is 9.78 Å². The molecular weight excluding hydrogens is 419 g/mol. The molecule has 0 aliphatic heterocycles. The van der Waals surface area contributed by atoms with E-state index in [1.54, 1.807) is 0 Å². The molecule has 0 aliphatic rings. The van der Waals surface area contributed by atoms with Gasteiger partial charge in [-0.1, -0.05) is 6.05 Å². The van der Waals surface area contributed by atoms with Crippen molar-refractivity contribution in [3.8, 4) is 11.8 Å². The number of ketones is 1. The van der Waals surface area contributed by atoms with Crippen molar-refractivity contribution in [2.45, 2.75) is 20.3 Å². The van der Waals surface area contributed by atoms with Gasteiger partial charge in [-0.25, -0.2) is 4.39 Å². The van der Waals surface area contributed by atoms with E-state index in [1.807, 2.05) is 6.07 Å². The lowest BCUT2D eigenvalue weighted by atomic mass is 10.0. The van der Waals surface area contributed by atoms with Crippen molar-refractivity contribution in [1.29, 1.82) is 5.26 Å². The van der Waals surface area contributed by atoms with Crippen LogP contribution >= 0.6 is 0 Å². The largest absolute Gasteiger partial charge is 0.494 e. The fourth-order valence-electron chi connectivity index (χ4n) is 2.90. The smallest absolute Gasteiger partial charge is 0.159 e. The Morgan fingerprint density at radius 3 is 3.06 bits per heavy atom. The number of carbonyl (C=O) groups is 1. The standard InChI is InChI=1S/C26H27FN4O2/c1-5-33-25-14-24-22(13-18(25)12-21(32)7-6-10-31(3)4)26(19(15-28)16-29-24)30-20-8-9-23(27)17(2)11-20/h6-9,11,13-14,16H,5,10,12H2,1-4H3,(H,29,30)/b7-6+/i3D3,5D2,6D,7D,8D,9D,10D2,11D. The average Bonchev–Trinajstić information content (AvgIpc) is 2.94. The molecule has 3 aromatic rings. The molecule has 0 bridgehead atoms. The summed E-state index contributed by atoms with van der Waals surface area (Å²) in [5.74, 6) is -2.45. The number of hydrogen-bond donors (Lipinski definition) is 1. The van der Waals surface area contributed by atoms with Crippen molar-refractivity contribution in [2.75, 3.05) is 32.4 Å². The fraction of sp³-hybridized carbons (Fsp3) is 0.269. The van der Waals surface area contributed by atoms with E-state index in [0.717, 1.165) is 20.2 Å². The molecule has 0 unspecified atom stereocenters. The van der Waals surface area contributed by atoms with Gasteiger partial charge in [0.05, 0.1) is 32.9 Å². The number of benzene rings is 2. The molecule has 0 fully saturated rings. The van der Waals surface area contributed by atoms with Crippen molar-refractivity contribution < 1.29 is 30.4 Å². The second-order valence-electron chi connectivity index (χ2n) is 6.78. The number of halogens is 1. The first-order valence-corrected chi connectivity index (χ1v) is 9.55. The monoisotopic (exact) mass is 458 g/mol. The lowest BCUT2D eigenvalue weighted by Crippen LogP contribution is -2.11. The number of aromatic nitrogens is 1. The van der Waals surface area contributed by atoms with Crippen LogP contribution in [0.2, 0.25) is 0 Å². The molecule has 33 heavy (non-hydrogen) atoms. The average molecular weight is 459 g/mol. The zero-order valence-corrected chi connectivity index (χ0v) is 18.0. The summed E-state index contributed by atoms with van der Waals surface area (Å²) < 4.78 is 115. The van der Waals surface area contributed by atoms with Gasteiger partial charge in [0.2, 0.25) is 0 Å². The predicted molar refractivity (Wildman–Crippen MR) is 128 cm³/mol. The zero-order chi connectivity index (χ0) is 34.4. The van der Waals surface area contributed by atoms with Crippen LogP contribution in [0.4, 0.5) is 15.8 Å². The molecule has 7 heteroatoms. The Morgan fingerprint density at radius 1 is 1.52 bits per heavy atom. The summed E-state index contributed by atoms with van der Waals surface area (Å²) in [6.07, 6.45) is 0.359. The minimum absolute atomic E-state index is 0.0619. The van der Waals surface area contributed by atoms with Crippen LogP contribution in [0.15, 0.2) is 48.6 Å². The SMILES string of the molecule is [2H]/C(C(=O)Cc1cc2c(Nc3c([2H])c([2H])c(F)c(C)c3[2H])c(C#N)cnc2cc1OC([2H])([2H])C)=C(/[2H])C([2H])([2H])N(C)C([2H])([2H])[2H]. The Morgan fingerprint density at radius 2 is 2.33 bits per heavy atom. The van der Waals surface area contributed by atoms with Crippen molar-refractivity contribution >= 4 is 28.1 Å². The normalized spacial score (nSPS) is 18.3. The number of anilines is 2. The topological polar surface area (TPSA) is 78.2 Å². The van der Waals surface area contributed by atoms with E-state index in [-0.39, 0.29) is 49.6 Å². The lowest BCUT2D eigenvalue weighted by molar-refractivity contribution is -0.114. The lowest BCUT2D eigenvalue weighted by Gasteiger charge is -2.15. The number of pyridine rings is 1. The fourth-order valence-corrected chi connectivity index (χ4v) is 2.90. The van der Waals surface area contributed by atoms with E-state index in [0.29, 0.717) is 0 Å². The summed E-state index contributed by atoms with van der Waals surface area (Å²) >= 11 is 0. The molecule has 6 nitrogen and oxygen atoms in total. The summed E-state index contributed by atoms with van der Waals surface area (Å²) in [6, 6.07) is 0.0389. The molecule has 0 amide bonds. The molecule has 0 atom stereocenters. The molecule has 0 saturated heterocycles. The number of hydrogen-bond acceptors (Lipinski definition) is 6. The summed E-state index contributed by atoms with van der Waals surface area (Å²) in [4.78, 5) is 17.6. The van der Waals surface area contributed by atoms with Gasteiger partial charge in [0.15, 0.2) is 5.78 Å². The molecule has 2 aromatic carbocycles. The third-order valence-corrected chi connectivity index (χ3v) is 4.35. The van der Waals surface area contributed by atoms with E-state index in [2.05, 4.69) is 10.3 Å². The molecule has 1 aromatic heterocycles. The van der Waals surface area contributed by atoms with E-state index in [9.17, 15) is 14.4 Å². The summed E-state index contributed by atoms with van der Waals surface area (Å²) in [5.41, 5.74) is -0.744. The first-order chi connectivity index (χ1) is 20.5. The summed E-state index contributed by atoms with van der Waals surface area (Å²) in [5, 5.41) is 12.6. The van der Waals surface area contributed by atoms with Crippen LogP contribution in [0.1, 0.15) is 40.1 Å². The van der Waals surface area contributed by atoms with Crippen molar-refractivity contribution in [3.05, 3.63) is 71.1 Å². The van der Waals surface area contributed by atoms with Crippen LogP contribution in [0, 0.1) is 24.1 Å². The van der Waals surface area contributed by atoms with Gasteiger partial charge in [0, 0.05) is 48.7 Å². The first-order valence-electron chi connectivity index (χ1n) is 15.6. The van der Waals surface area contributed by atoms with Gasteiger partial charge in [0.1, 0.15) is 17.6 Å². The van der Waals surface area contributed by atoms with Crippen molar-refractivity contribution in [1.82, 2.24) is 9.88 Å². The highest BCUT2D eigenvalue weighted by molar-refractivity contribution is 5.98. The van der Waals surface area contributed by atoms with E-state index in [1.165, 1.54) is 19.1 Å². The molecule has 0 radical (unpaired) electrons. The molecule has 3 rings (SSSR count). The molecule has 1 N–H and O–H groups in total. The third kappa shape index (κ3) is 5.93. The van der Waals surface area contributed by atoms with Crippen LogP contribution < -0.4 is 10.1 Å². The van der Waals surface area contributed by atoms with Crippen LogP contribution in [0.25, 0.3) is 10.9 Å². The quantitative estimate of drug-likeness (QED) is 0.458. The number of rotatable bonds is 9. The van der Waals surface area contributed by atoms with Crippen molar-refractivity contribution in [3.63, 3.8) is 0 Å². The highest BCUT2D eigenvalue weighted by Crippen LogP contribution is 2.34. The molecule has 1 heterocycles. The maximum Gasteiger partial charge on any atom is 0.159 e. The van der Waals surface area contributed by atoms with Gasteiger partial charge in [-0.05, 0) is 63.7 Å². The Balaban J connectivity index is 2.25. The van der Waals surface area contributed by atoms with Gasteiger partial charge in [-0.2, -0.15) is 5.26 Å². The van der Waals surface area contributed by atoms with E-state index in [4.69, 9.17) is 21.2 Å². The Bertz CT molecular complexity index is 1740. The van der Waals surface area contributed by atoms with Crippen LogP contribution in [0.3, 0.4) is 0 Å². The summed E-state index contributed by atoms with van der Waals surface area (Å²) in [7, 11) is 0.864. The molecule has 0 saturated carbocycles. The number of nitriles is 1. The van der Waals surface area contributed by atoms with Gasteiger partial charge in [0.25, 0.3) is 0 Å². The highest BCUT2D eigenvalue weighted by Gasteiger charge is 2.16. The predicted octanol–water partition coefficient (Wildman–Crippen LogP) is 4.93. The van der Waals surface area contributed by atoms with E-state index >= 15 is 0 Å². The number of fused-ring (bicyclic) bond motifs is 1. The Hall–Kier alpha value is -3.76. The maximum atomic E-state index is 14.3. The van der Waals surface area contributed by atoms with Crippen LogP contribution in [-0.4, -0.2) is 42.7 Å². The number of carbonyl (C=O) groups excluding carboxylic acids is 1. The zero-order valence-electron chi connectivity index (χ0n) is 30.0. The summed E-state index contributed by atoms with van der Waals surface area (Å²) in [6.45, 7) is -6.03. The van der Waals surface area contributed by atoms with E-state index < -0.39 is 68.3 Å².